The normalized spacial score (nSPS) is 9.31. The maximum atomic E-state index is 10.6. The summed E-state index contributed by atoms with van der Waals surface area (Å²) in [6.07, 6.45) is 1.58. The van der Waals surface area contributed by atoms with Crippen LogP contribution in [0.15, 0.2) is 0 Å². The number of nitrogens with two attached hydrogens (primary N) is 2. The largest absolute Gasteiger partial charge is 0.355 e. The highest BCUT2D eigenvalue weighted by Gasteiger charge is 1.95. The van der Waals surface area contributed by atoms with Crippen LogP contribution in [0.5, 0.6) is 0 Å². The van der Waals surface area contributed by atoms with Crippen molar-refractivity contribution >= 4 is 11.9 Å². The first-order chi connectivity index (χ1) is 6.16. The fourth-order valence-corrected chi connectivity index (χ4v) is 0.762. The molecule has 0 fully saturated rings. The molecule has 6 N–H and O–H groups in total. The maximum absolute atomic E-state index is 10.6. The molecule has 0 bridgehead atoms. The van der Waals surface area contributed by atoms with Gasteiger partial charge in [0, 0.05) is 13.1 Å². The van der Waals surface area contributed by atoms with E-state index < -0.39 is 6.03 Å². The van der Waals surface area contributed by atoms with Crippen molar-refractivity contribution in [3.05, 3.63) is 0 Å². The molecule has 6 nitrogen and oxygen atoms in total. The van der Waals surface area contributed by atoms with Crippen LogP contribution < -0.4 is 22.1 Å². The minimum atomic E-state index is -0.522. The second kappa shape index (κ2) is 7.35. The Morgan fingerprint density at radius 2 is 1.62 bits per heavy atom. The number of primary amides is 1. The van der Waals surface area contributed by atoms with Gasteiger partial charge in [-0.2, -0.15) is 0 Å². The van der Waals surface area contributed by atoms with E-state index in [0.717, 1.165) is 12.8 Å². The Labute approximate surface area is 77.0 Å². The lowest BCUT2D eigenvalue weighted by Gasteiger charge is -2.03. The molecule has 0 aliphatic carbocycles. The van der Waals surface area contributed by atoms with Crippen molar-refractivity contribution in [2.75, 3.05) is 19.6 Å². The van der Waals surface area contributed by atoms with Gasteiger partial charge in [0.2, 0.25) is 5.91 Å². The van der Waals surface area contributed by atoms with Crippen LogP contribution in [-0.2, 0) is 4.79 Å². The third-order valence-corrected chi connectivity index (χ3v) is 1.41. The third kappa shape index (κ3) is 8.61. The molecule has 0 aromatic heterocycles. The molecule has 0 saturated heterocycles. The monoisotopic (exact) mass is 188 g/mol. The highest BCUT2D eigenvalue weighted by Crippen LogP contribution is 1.83. The van der Waals surface area contributed by atoms with Crippen LogP contribution >= 0.6 is 0 Å². The number of unbranched alkanes of at least 4 members (excludes halogenated alkanes) is 1. The van der Waals surface area contributed by atoms with E-state index in [-0.39, 0.29) is 12.5 Å². The molecule has 0 aromatic carbocycles. The van der Waals surface area contributed by atoms with Gasteiger partial charge in [-0.05, 0) is 12.8 Å². The Morgan fingerprint density at radius 1 is 1.08 bits per heavy atom. The summed E-state index contributed by atoms with van der Waals surface area (Å²) in [5.41, 5.74) is 9.91. The summed E-state index contributed by atoms with van der Waals surface area (Å²) in [6, 6.07) is -0.522. The van der Waals surface area contributed by atoms with Gasteiger partial charge in [0.05, 0.1) is 6.54 Å². The van der Waals surface area contributed by atoms with Gasteiger partial charge in [-0.1, -0.05) is 0 Å². The van der Waals surface area contributed by atoms with Crippen LogP contribution in [0.2, 0.25) is 0 Å². The smallest absolute Gasteiger partial charge is 0.312 e. The maximum Gasteiger partial charge on any atom is 0.312 e. The molecule has 76 valence electrons. The lowest BCUT2D eigenvalue weighted by Crippen LogP contribution is -2.32. The lowest BCUT2D eigenvalue weighted by atomic mass is 10.3. The van der Waals surface area contributed by atoms with Crippen molar-refractivity contribution in [1.82, 2.24) is 10.6 Å². The number of rotatable bonds is 6. The number of amides is 3. The van der Waals surface area contributed by atoms with Gasteiger partial charge in [-0.25, -0.2) is 4.79 Å². The van der Waals surface area contributed by atoms with Gasteiger partial charge in [0.1, 0.15) is 0 Å². The first kappa shape index (κ1) is 11.7. The number of hydrogen-bond acceptors (Lipinski definition) is 3. The Bertz CT molecular complexity index is 172. The minimum absolute atomic E-state index is 0.0134. The summed E-state index contributed by atoms with van der Waals surface area (Å²) < 4.78 is 0. The predicted molar refractivity (Wildman–Crippen MR) is 48.9 cm³/mol. The third-order valence-electron chi connectivity index (χ3n) is 1.41. The van der Waals surface area contributed by atoms with Crippen LogP contribution in [-0.4, -0.2) is 31.6 Å². The Morgan fingerprint density at radius 3 is 2.08 bits per heavy atom. The molecular weight excluding hydrogens is 172 g/mol. The molecule has 0 saturated carbocycles. The van der Waals surface area contributed by atoms with E-state index >= 15 is 0 Å². The zero-order chi connectivity index (χ0) is 10.1. The van der Waals surface area contributed by atoms with Gasteiger partial charge >= 0.3 is 6.03 Å². The molecule has 0 spiro atoms. The van der Waals surface area contributed by atoms with E-state index in [1.165, 1.54) is 0 Å². The molecule has 0 aromatic rings. The molecule has 0 unspecified atom stereocenters. The lowest BCUT2D eigenvalue weighted by molar-refractivity contribution is -0.119. The summed E-state index contributed by atoms with van der Waals surface area (Å²) >= 11 is 0. The standard InChI is InChI=1S/C7H16N4O2/c8-5-6(12)10-3-1-2-4-11-7(9)13/h1-5,8H2,(H,10,12)(H3,9,11,13). The Balaban J connectivity index is 3.08. The fourth-order valence-electron chi connectivity index (χ4n) is 0.762. The quantitative estimate of drug-likeness (QED) is 0.381. The van der Waals surface area contributed by atoms with Crippen molar-refractivity contribution in [2.24, 2.45) is 11.5 Å². The second-order valence-electron chi connectivity index (χ2n) is 2.55. The molecule has 0 radical (unpaired) electrons. The summed E-state index contributed by atoms with van der Waals surface area (Å²) in [4.78, 5) is 20.8. The topological polar surface area (TPSA) is 110 Å². The van der Waals surface area contributed by atoms with Crippen LogP contribution in [0, 0.1) is 0 Å². The van der Waals surface area contributed by atoms with E-state index in [2.05, 4.69) is 10.6 Å². The van der Waals surface area contributed by atoms with Gasteiger partial charge in [0.25, 0.3) is 0 Å². The molecule has 6 heteroatoms. The molecule has 0 atom stereocenters. The van der Waals surface area contributed by atoms with Crippen molar-refractivity contribution in [3.8, 4) is 0 Å². The Hall–Kier alpha value is -1.30. The van der Waals surface area contributed by atoms with Crippen LogP contribution in [0.1, 0.15) is 12.8 Å². The summed E-state index contributed by atoms with van der Waals surface area (Å²) in [5, 5.41) is 5.06. The molecular formula is C7H16N4O2. The fraction of sp³-hybridized carbons (Fsp3) is 0.714. The molecule has 0 rings (SSSR count). The van der Waals surface area contributed by atoms with E-state index in [1.807, 2.05) is 0 Å². The van der Waals surface area contributed by atoms with E-state index in [4.69, 9.17) is 11.5 Å². The average Bonchev–Trinajstić information content (AvgIpc) is 2.10. The number of carbonyl (C=O) groups excluding carboxylic acids is 2. The number of nitrogens with one attached hydrogen (secondary N) is 2. The Kier molecular flexibility index (Phi) is 6.62. The van der Waals surface area contributed by atoms with Gasteiger partial charge in [-0.3, -0.25) is 4.79 Å². The number of hydrogen-bond donors (Lipinski definition) is 4. The zero-order valence-electron chi connectivity index (χ0n) is 7.51. The van der Waals surface area contributed by atoms with Gasteiger partial charge in [-0.15, -0.1) is 0 Å². The molecule has 0 aliphatic rings. The molecule has 0 aliphatic heterocycles. The molecule has 3 amide bonds. The average molecular weight is 188 g/mol. The van der Waals surface area contributed by atoms with E-state index in [9.17, 15) is 9.59 Å². The minimum Gasteiger partial charge on any atom is -0.355 e. The second-order valence-corrected chi connectivity index (χ2v) is 2.55. The van der Waals surface area contributed by atoms with E-state index in [0.29, 0.717) is 13.1 Å². The van der Waals surface area contributed by atoms with Gasteiger partial charge in [0.15, 0.2) is 0 Å². The zero-order valence-corrected chi connectivity index (χ0v) is 7.51. The van der Waals surface area contributed by atoms with Crippen molar-refractivity contribution in [3.63, 3.8) is 0 Å². The highest BCUT2D eigenvalue weighted by atomic mass is 16.2. The van der Waals surface area contributed by atoms with Crippen LogP contribution in [0.4, 0.5) is 4.79 Å². The number of urea groups is 1. The van der Waals surface area contributed by atoms with Crippen molar-refractivity contribution in [1.29, 1.82) is 0 Å². The highest BCUT2D eigenvalue weighted by molar-refractivity contribution is 5.77. The summed E-state index contributed by atoms with van der Waals surface area (Å²) in [6.45, 7) is 1.13. The summed E-state index contributed by atoms with van der Waals surface area (Å²) in [5.74, 6) is -0.164. The SMILES string of the molecule is NCC(=O)NCCCCNC(N)=O. The van der Waals surface area contributed by atoms with E-state index in [1.54, 1.807) is 0 Å². The first-order valence-electron chi connectivity index (χ1n) is 4.17. The first-order valence-corrected chi connectivity index (χ1v) is 4.17. The van der Waals surface area contributed by atoms with Gasteiger partial charge < -0.3 is 22.1 Å². The number of carbonyl (C=O) groups is 2. The van der Waals surface area contributed by atoms with Crippen LogP contribution in [0.3, 0.4) is 0 Å². The molecule has 0 heterocycles. The van der Waals surface area contributed by atoms with Crippen molar-refractivity contribution < 1.29 is 9.59 Å². The molecule has 13 heavy (non-hydrogen) atoms. The van der Waals surface area contributed by atoms with Crippen LogP contribution in [0.25, 0.3) is 0 Å². The summed E-state index contributed by atoms with van der Waals surface area (Å²) in [7, 11) is 0. The predicted octanol–water partition coefficient (Wildman–Crippen LogP) is -1.49. The van der Waals surface area contributed by atoms with Crippen molar-refractivity contribution in [2.45, 2.75) is 12.8 Å².